The highest BCUT2D eigenvalue weighted by molar-refractivity contribution is 6.05. The second-order valence-electron chi connectivity index (χ2n) is 5.04. The zero-order chi connectivity index (χ0) is 15.9. The van der Waals surface area contributed by atoms with E-state index in [9.17, 15) is 9.59 Å². The Hall–Kier alpha value is -2.69. The molecule has 0 spiro atoms. The molecule has 0 aliphatic heterocycles. The quantitative estimate of drug-likeness (QED) is 0.891. The molecule has 0 unspecified atom stereocenters. The lowest BCUT2D eigenvalue weighted by atomic mass is 10.1. The lowest BCUT2D eigenvalue weighted by Gasteiger charge is -2.07. The van der Waals surface area contributed by atoms with Crippen LogP contribution in [-0.2, 0) is 0 Å². The van der Waals surface area contributed by atoms with Crippen LogP contribution in [-0.4, -0.2) is 23.3 Å². The summed E-state index contributed by atoms with van der Waals surface area (Å²) in [6.07, 6.45) is 3.75. The molecule has 2 aromatic rings. The second kappa shape index (κ2) is 7.36. The highest BCUT2D eigenvalue weighted by atomic mass is 16.2. The molecule has 0 bridgehead atoms. The van der Waals surface area contributed by atoms with Crippen molar-refractivity contribution < 1.29 is 9.59 Å². The number of nitrogens with one attached hydrogen (secondary N) is 2. The Kier molecular flexibility index (Phi) is 5.25. The lowest BCUT2D eigenvalue weighted by molar-refractivity contribution is 0.0953. The van der Waals surface area contributed by atoms with E-state index in [1.165, 1.54) is 12.4 Å². The molecule has 2 N–H and O–H groups in total. The minimum atomic E-state index is -0.289. The molecule has 0 radical (unpaired) electrons. The second-order valence-corrected chi connectivity index (χ2v) is 5.04. The first kappa shape index (κ1) is 15.7. The van der Waals surface area contributed by atoms with Crippen LogP contribution in [0.2, 0.25) is 0 Å². The fourth-order valence-electron chi connectivity index (χ4n) is 1.95. The van der Waals surface area contributed by atoms with E-state index < -0.39 is 0 Å². The van der Waals surface area contributed by atoms with Crippen molar-refractivity contribution in [3.8, 4) is 0 Å². The number of amides is 2. The number of benzene rings is 1. The third-order valence-electron chi connectivity index (χ3n) is 3.07. The summed E-state index contributed by atoms with van der Waals surface area (Å²) in [5.74, 6) is -0.511. The summed E-state index contributed by atoms with van der Waals surface area (Å²) in [5, 5.41) is 5.56. The molecule has 0 saturated heterocycles. The van der Waals surface area contributed by atoms with Gasteiger partial charge in [-0.15, -0.1) is 0 Å². The molecule has 0 atom stereocenters. The van der Waals surface area contributed by atoms with Crippen LogP contribution in [0.3, 0.4) is 0 Å². The van der Waals surface area contributed by atoms with E-state index in [-0.39, 0.29) is 11.8 Å². The highest BCUT2D eigenvalue weighted by Gasteiger charge is 2.11. The van der Waals surface area contributed by atoms with Gasteiger partial charge < -0.3 is 10.6 Å². The van der Waals surface area contributed by atoms with Gasteiger partial charge in [0.05, 0.1) is 11.1 Å². The van der Waals surface area contributed by atoms with Crippen LogP contribution < -0.4 is 10.6 Å². The molecule has 1 aromatic carbocycles. The minimum absolute atomic E-state index is 0.223. The Morgan fingerprint density at radius 1 is 1.09 bits per heavy atom. The van der Waals surface area contributed by atoms with Crippen LogP contribution in [0.5, 0.6) is 0 Å². The number of carbonyl (C=O) groups is 2. The topological polar surface area (TPSA) is 71.1 Å². The largest absolute Gasteiger partial charge is 0.352 e. The summed E-state index contributed by atoms with van der Waals surface area (Å²) < 4.78 is 0. The van der Waals surface area contributed by atoms with Crippen LogP contribution in [0, 0.1) is 6.92 Å². The maximum Gasteiger partial charge on any atom is 0.257 e. The van der Waals surface area contributed by atoms with Gasteiger partial charge in [-0.05, 0) is 37.1 Å². The number of anilines is 1. The van der Waals surface area contributed by atoms with Crippen LogP contribution in [0.1, 0.15) is 39.6 Å². The van der Waals surface area contributed by atoms with E-state index in [2.05, 4.69) is 15.6 Å². The summed E-state index contributed by atoms with van der Waals surface area (Å²) in [6, 6.07) is 9.07. The average molecular weight is 297 g/mol. The summed E-state index contributed by atoms with van der Waals surface area (Å²) >= 11 is 0. The van der Waals surface area contributed by atoms with E-state index in [0.717, 1.165) is 12.0 Å². The molecule has 5 nitrogen and oxygen atoms in total. The first-order chi connectivity index (χ1) is 10.6. The zero-order valence-corrected chi connectivity index (χ0v) is 12.7. The molecular formula is C17H19N3O2. The molecule has 2 amide bonds. The van der Waals surface area contributed by atoms with Crippen molar-refractivity contribution in [2.45, 2.75) is 20.3 Å². The van der Waals surface area contributed by atoms with Crippen molar-refractivity contribution >= 4 is 17.5 Å². The van der Waals surface area contributed by atoms with Crippen LogP contribution in [0.25, 0.3) is 0 Å². The van der Waals surface area contributed by atoms with Gasteiger partial charge >= 0.3 is 0 Å². The van der Waals surface area contributed by atoms with Crippen molar-refractivity contribution in [1.29, 1.82) is 0 Å². The van der Waals surface area contributed by atoms with Gasteiger partial charge in [0.25, 0.3) is 11.8 Å². The van der Waals surface area contributed by atoms with E-state index in [1.807, 2.05) is 38.1 Å². The summed E-state index contributed by atoms with van der Waals surface area (Å²) in [5.41, 5.74) is 2.51. The number of rotatable bonds is 5. The first-order valence-electron chi connectivity index (χ1n) is 7.21. The van der Waals surface area contributed by atoms with Crippen molar-refractivity contribution in [2.24, 2.45) is 0 Å². The fourth-order valence-corrected chi connectivity index (χ4v) is 1.95. The average Bonchev–Trinajstić information content (AvgIpc) is 2.52. The van der Waals surface area contributed by atoms with Gasteiger partial charge in [-0.2, -0.15) is 0 Å². The minimum Gasteiger partial charge on any atom is -0.352 e. The van der Waals surface area contributed by atoms with E-state index in [0.29, 0.717) is 23.4 Å². The monoisotopic (exact) mass is 297 g/mol. The summed E-state index contributed by atoms with van der Waals surface area (Å²) in [6.45, 7) is 4.53. The first-order valence-corrected chi connectivity index (χ1v) is 7.21. The Labute approximate surface area is 129 Å². The standard InChI is InChI=1S/C17H19N3O2/c1-3-7-19-16(21)13-9-14(11-18-10-13)17(22)20-15-6-4-5-12(2)8-15/h4-6,8-11H,3,7H2,1-2H3,(H,19,21)(H,20,22). The highest BCUT2D eigenvalue weighted by Crippen LogP contribution is 2.12. The Morgan fingerprint density at radius 2 is 1.82 bits per heavy atom. The summed E-state index contributed by atoms with van der Waals surface area (Å²) in [7, 11) is 0. The molecule has 114 valence electrons. The third-order valence-corrected chi connectivity index (χ3v) is 3.07. The Bertz CT molecular complexity index is 683. The van der Waals surface area contributed by atoms with Gasteiger partial charge in [-0.25, -0.2) is 0 Å². The number of hydrogen-bond acceptors (Lipinski definition) is 3. The zero-order valence-electron chi connectivity index (χ0n) is 12.7. The SMILES string of the molecule is CCCNC(=O)c1cncc(C(=O)Nc2cccc(C)c2)c1. The number of hydrogen-bond donors (Lipinski definition) is 2. The Balaban J connectivity index is 2.11. The molecular weight excluding hydrogens is 278 g/mol. The maximum atomic E-state index is 12.2. The van der Waals surface area contributed by atoms with Gasteiger partial charge in [0.15, 0.2) is 0 Å². The molecule has 2 rings (SSSR count). The fraction of sp³-hybridized carbons (Fsp3) is 0.235. The van der Waals surface area contributed by atoms with Gasteiger partial charge in [0.2, 0.25) is 0 Å². The molecule has 0 aliphatic carbocycles. The molecule has 22 heavy (non-hydrogen) atoms. The molecule has 0 aliphatic rings. The normalized spacial score (nSPS) is 10.1. The van der Waals surface area contributed by atoms with Crippen molar-refractivity contribution in [1.82, 2.24) is 10.3 Å². The smallest absolute Gasteiger partial charge is 0.257 e. The Morgan fingerprint density at radius 3 is 2.50 bits per heavy atom. The van der Waals surface area contributed by atoms with Gasteiger partial charge in [0, 0.05) is 24.6 Å². The van der Waals surface area contributed by atoms with E-state index >= 15 is 0 Å². The van der Waals surface area contributed by atoms with Crippen LogP contribution >= 0.6 is 0 Å². The maximum absolute atomic E-state index is 12.2. The van der Waals surface area contributed by atoms with E-state index in [1.54, 1.807) is 6.07 Å². The number of aryl methyl sites for hydroxylation is 1. The van der Waals surface area contributed by atoms with Gasteiger partial charge in [-0.1, -0.05) is 19.1 Å². The molecule has 1 aromatic heterocycles. The lowest BCUT2D eigenvalue weighted by Crippen LogP contribution is -2.24. The molecule has 1 heterocycles. The van der Waals surface area contributed by atoms with Gasteiger partial charge in [-0.3, -0.25) is 14.6 Å². The number of pyridine rings is 1. The molecule has 0 saturated carbocycles. The predicted molar refractivity (Wildman–Crippen MR) is 86.0 cm³/mol. The van der Waals surface area contributed by atoms with Crippen molar-refractivity contribution in [3.63, 3.8) is 0 Å². The molecule has 0 fully saturated rings. The third kappa shape index (κ3) is 4.15. The number of nitrogens with zero attached hydrogens (tertiary/aromatic N) is 1. The van der Waals surface area contributed by atoms with Crippen molar-refractivity contribution in [3.05, 3.63) is 59.4 Å². The predicted octanol–water partition coefficient (Wildman–Crippen LogP) is 2.78. The van der Waals surface area contributed by atoms with Crippen LogP contribution in [0.15, 0.2) is 42.7 Å². The van der Waals surface area contributed by atoms with E-state index in [4.69, 9.17) is 0 Å². The molecule has 5 heteroatoms. The summed E-state index contributed by atoms with van der Waals surface area (Å²) in [4.78, 5) is 28.1. The number of carbonyl (C=O) groups excluding carboxylic acids is 2. The number of aromatic nitrogens is 1. The van der Waals surface area contributed by atoms with Crippen molar-refractivity contribution in [2.75, 3.05) is 11.9 Å². The van der Waals surface area contributed by atoms with Crippen LogP contribution in [0.4, 0.5) is 5.69 Å². The van der Waals surface area contributed by atoms with Gasteiger partial charge in [0.1, 0.15) is 0 Å².